The van der Waals surface area contributed by atoms with Crippen LogP contribution in [0.4, 0.5) is 0 Å². The molecule has 0 aliphatic rings. The van der Waals surface area contributed by atoms with Crippen molar-refractivity contribution in [3.8, 4) is 5.75 Å². The summed E-state index contributed by atoms with van der Waals surface area (Å²) in [6.07, 6.45) is 0. The molecule has 0 spiro atoms. The van der Waals surface area contributed by atoms with Gasteiger partial charge < -0.3 is 4.74 Å². The van der Waals surface area contributed by atoms with Gasteiger partial charge in [-0.15, -0.1) is 0 Å². The lowest BCUT2D eigenvalue weighted by atomic mass is 10.0. The average molecular weight is 333 g/mol. The van der Waals surface area contributed by atoms with Crippen LogP contribution in [0.2, 0.25) is 0 Å². The standard InChI is InChI=1S/C18H23NO3S/c1-14(2)15-9-11-17(12-10-15)23(20,21)19(3)13-16-7-5-6-8-18(16)22-4/h5-12,14H,13H2,1-4H3. The second-order valence-corrected chi connectivity index (χ2v) is 7.84. The molecule has 0 aromatic heterocycles. The van der Waals surface area contributed by atoms with Gasteiger partial charge in [0.2, 0.25) is 10.0 Å². The molecular formula is C18H23NO3S. The molecule has 0 unspecified atom stereocenters. The number of benzene rings is 2. The fraction of sp³-hybridized carbons (Fsp3) is 0.333. The molecule has 2 aromatic carbocycles. The Hall–Kier alpha value is -1.85. The maximum Gasteiger partial charge on any atom is 0.243 e. The third-order valence-electron chi connectivity index (χ3n) is 3.84. The van der Waals surface area contributed by atoms with E-state index in [2.05, 4.69) is 13.8 Å². The van der Waals surface area contributed by atoms with Gasteiger partial charge in [0.1, 0.15) is 5.75 Å². The van der Waals surface area contributed by atoms with Crippen molar-refractivity contribution in [1.82, 2.24) is 4.31 Å². The molecule has 2 aromatic rings. The quantitative estimate of drug-likeness (QED) is 0.811. The Kier molecular flexibility index (Phi) is 5.44. The predicted octanol–water partition coefficient (Wildman–Crippen LogP) is 3.64. The van der Waals surface area contributed by atoms with Crippen LogP contribution in [0, 0.1) is 0 Å². The van der Waals surface area contributed by atoms with E-state index < -0.39 is 10.0 Å². The van der Waals surface area contributed by atoms with Gasteiger partial charge in [-0.2, -0.15) is 4.31 Å². The van der Waals surface area contributed by atoms with E-state index >= 15 is 0 Å². The Bertz CT molecular complexity index is 752. The number of para-hydroxylation sites is 1. The lowest BCUT2D eigenvalue weighted by Crippen LogP contribution is -2.26. The summed E-state index contributed by atoms with van der Waals surface area (Å²) in [4.78, 5) is 0.305. The van der Waals surface area contributed by atoms with Gasteiger partial charge >= 0.3 is 0 Å². The molecule has 23 heavy (non-hydrogen) atoms. The summed E-state index contributed by atoms with van der Waals surface area (Å²) in [5, 5.41) is 0. The minimum absolute atomic E-state index is 0.262. The van der Waals surface area contributed by atoms with Crippen LogP contribution in [-0.2, 0) is 16.6 Å². The van der Waals surface area contributed by atoms with Crippen molar-refractivity contribution in [2.24, 2.45) is 0 Å². The summed E-state index contributed by atoms with van der Waals surface area (Å²) in [5.41, 5.74) is 1.95. The van der Waals surface area contributed by atoms with Gasteiger partial charge in [0, 0.05) is 19.2 Å². The largest absolute Gasteiger partial charge is 0.496 e. The topological polar surface area (TPSA) is 46.6 Å². The highest BCUT2D eigenvalue weighted by Crippen LogP contribution is 2.23. The molecule has 5 heteroatoms. The van der Waals surface area contributed by atoms with Gasteiger partial charge in [0.15, 0.2) is 0 Å². The van der Waals surface area contributed by atoms with Crippen LogP contribution in [0.15, 0.2) is 53.4 Å². The number of methoxy groups -OCH3 is 1. The van der Waals surface area contributed by atoms with Gasteiger partial charge in [-0.05, 0) is 29.7 Å². The van der Waals surface area contributed by atoms with Crippen molar-refractivity contribution in [2.45, 2.75) is 31.2 Å². The summed E-state index contributed by atoms with van der Waals surface area (Å²) < 4.78 is 32.0. The Morgan fingerprint density at radius 1 is 1.04 bits per heavy atom. The molecular weight excluding hydrogens is 310 g/mol. The van der Waals surface area contributed by atoms with Crippen molar-refractivity contribution < 1.29 is 13.2 Å². The molecule has 0 atom stereocenters. The molecule has 2 rings (SSSR count). The lowest BCUT2D eigenvalue weighted by Gasteiger charge is -2.19. The lowest BCUT2D eigenvalue weighted by molar-refractivity contribution is 0.398. The van der Waals surface area contributed by atoms with Crippen LogP contribution >= 0.6 is 0 Å². The van der Waals surface area contributed by atoms with Crippen molar-refractivity contribution >= 4 is 10.0 Å². The van der Waals surface area contributed by atoms with Gasteiger partial charge in [-0.25, -0.2) is 8.42 Å². The van der Waals surface area contributed by atoms with E-state index in [1.54, 1.807) is 26.3 Å². The first-order valence-corrected chi connectivity index (χ1v) is 8.98. The first kappa shape index (κ1) is 17.5. The number of rotatable bonds is 6. The minimum atomic E-state index is -3.53. The fourth-order valence-electron chi connectivity index (χ4n) is 2.36. The number of hydrogen-bond donors (Lipinski definition) is 0. The molecule has 0 saturated carbocycles. The molecule has 0 heterocycles. The van der Waals surface area contributed by atoms with Crippen molar-refractivity contribution in [1.29, 1.82) is 0 Å². The minimum Gasteiger partial charge on any atom is -0.496 e. The van der Waals surface area contributed by atoms with E-state index in [-0.39, 0.29) is 6.54 Å². The fourth-order valence-corrected chi connectivity index (χ4v) is 3.51. The monoisotopic (exact) mass is 333 g/mol. The summed E-state index contributed by atoms with van der Waals surface area (Å²) >= 11 is 0. The van der Waals surface area contributed by atoms with Gasteiger partial charge in [0.05, 0.1) is 12.0 Å². The summed E-state index contributed by atoms with van der Waals surface area (Å²) in [6, 6.07) is 14.5. The average Bonchev–Trinajstić information content (AvgIpc) is 2.55. The van der Waals surface area contributed by atoms with E-state index in [0.29, 0.717) is 16.6 Å². The van der Waals surface area contributed by atoms with Crippen LogP contribution in [0.1, 0.15) is 30.9 Å². The Morgan fingerprint density at radius 2 is 1.65 bits per heavy atom. The highest BCUT2D eigenvalue weighted by atomic mass is 32.2. The molecule has 0 radical (unpaired) electrons. The Morgan fingerprint density at radius 3 is 2.22 bits per heavy atom. The van der Waals surface area contributed by atoms with Crippen LogP contribution in [0.3, 0.4) is 0 Å². The first-order valence-electron chi connectivity index (χ1n) is 7.54. The second-order valence-electron chi connectivity index (χ2n) is 5.80. The van der Waals surface area contributed by atoms with Gasteiger partial charge in [0.25, 0.3) is 0 Å². The smallest absolute Gasteiger partial charge is 0.243 e. The second kappa shape index (κ2) is 7.15. The molecule has 0 N–H and O–H groups in total. The zero-order chi connectivity index (χ0) is 17.0. The van der Waals surface area contributed by atoms with E-state index in [9.17, 15) is 8.42 Å². The van der Waals surface area contributed by atoms with E-state index in [1.165, 1.54) is 4.31 Å². The van der Waals surface area contributed by atoms with Crippen molar-refractivity contribution in [3.05, 3.63) is 59.7 Å². The van der Waals surface area contributed by atoms with Gasteiger partial charge in [-0.3, -0.25) is 0 Å². The molecule has 4 nitrogen and oxygen atoms in total. The third kappa shape index (κ3) is 3.92. The maximum absolute atomic E-state index is 12.7. The predicted molar refractivity (Wildman–Crippen MR) is 92.2 cm³/mol. The molecule has 0 bridgehead atoms. The summed E-state index contributed by atoms with van der Waals surface area (Å²) in [7, 11) is -0.364. The molecule has 0 aliphatic heterocycles. The third-order valence-corrected chi connectivity index (χ3v) is 5.66. The highest BCUT2D eigenvalue weighted by molar-refractivity contribution is 7.89. The van der Waals surface area contributed by atoms with E-state index in [0.717, 1.165) is 11.1 Å². The van der Waals surface area contributed by atoms with E-state index in [4.69, 9.17) is 4.74 Å². The molecule has 0 aliphatic carbocycles. The Balaban J connectivity index is 2.24. The van der Waals surface area contributed by atoms with Crippen LogP contribution in [0.25, 0.3) is 0 Å². The summed E-state index contributed by atoms with van der Waals surface area (Å²) in [5.74, 6) is 1.06. The molecule has 0 fully saturated rings. The number of nitrogens with zero attached hydrogens (tertiary/aromatic N) is 1. The molecule has 0 saturated heterocycles. The van der Waals surface area contributed by atoms with Crippen molar-refractivity contribution in [3.63, 3.8) is 0 Å². The number of ether oxygens (including phenoxy) is 1. The molecule has 124 valence electrons. The van der Waals surface area contributed by atoms with Crippen LogP contribution in [0.5, 0.6) is 5.75 Å². The zero-order valence-corrected chi connectivity index (χ0v) is 14.8. The SMILES string of the molecule is COc1ccccc1CN(C)S(=O)(=O)c1ccc(C(C)C)cc1. The first-order chi connectivity index (χ1) is 10.9. The summed E-state index contributed by atoms with van der Waals surface area (Å²) in [6.45, 7) is 4.42. The number of hydrogen-bond acceptors (Lipinski definition) is 3. The van der Waals surface area contributed by atoms with Crippen LogP contribution in [-0.4, -0.2) is 26.9 Å². The maximum atomic E-state index is 12.7. The Labute approximate surface area is 138 Å². The normalized spacial score (nSPS) is 11.9. The molecule has 0 amide bonds. The van der Waals surface area contributed by atoms with Gasteiger partial charge in [-0.1, -0.05) is 44.2 Å². The number of sulfonamides is 1. The van der Waals surface area contributed by atoms with Crippen LogP contribution < -0.4 is 4.74 Å². The van der Waals surface area contributed by atoms with Crippen molar-refractivity contribution in [2.75, 3.05) is 14.2 Å². The zero-order valence-electron chi connectivity index (χ0n) is 14.0. The van der Waals surface area contributed by atoms with E-state index in [1.807, 2.05) is 36.4 Å². The highest BCUT2D eigenvalue weighted by Gasteiger charge is 2.22.